The predicted octanol–water partition coefficient (Wildman–Crippen LogP) is -0.740. The van der Waals surface area contributed by atoms with Gasteiger partial charge in [0.1, 0.15) is 0 Å². The fraction of sp³-hybridized carbons (Fsp3) is 0.842. The molecule has 29 heavy (non-hydrogen) atoms. The first-order valence-electron chi connectivity index (χ1n) is 10.7. The highest BCUT2D eigenvalue weighted by molar-refractivity contribution is 5.86. The van der Waals surface area contributed by atoms with Crippen molar-refractivity contribution in [1.29, 1.82) is 0 Å². The number of rotatable bonds is 19. The van der Waals surface area contributed by atoms with Crippen molar-refractivity contribution in [3.05, 3.63) is 0 Å². The molecule has 10 nitrogen and oxygen atoms in total. The van der Waals surface area contributed by atoms with Crippen molar-refractivity contribution < 1.29 is 14.7 Å². The van der Waals surface area contributed by atoms with E-state index in [1.807, 2.05) is 0 Å². The Morgan fingerprint density at radius 3 is 2.17 bits per heavy atom. The van der Waals surface area contributed by atoms with E-state index in [4.69, 9.17) is 17.2 Å². The van der Waals surface area contributed by atoms with Crippen LogP contribution in [0.1, 0.15) is 64.2 Å². The molecule has 2 amide bonds. The standard InChI is InChI=1S/C19H41N7O3/c20-11-9-13-23-12-7-8-14-24-17(28)18(29)26-16(27)10-5-3-1-2-4-6-15-25-19(21)22/h18,23,29H,1-15,20H2,(H,24,28)(H,26,27)(H4,21,22,25). The van der Waals surface area contributed by atoms with Crippen LogP contribution >= 0.6 is 0 Å². The second-order valence-electron chi connectivity index (χ2n) is 7.04. The van der Waals surface area contributed by atoms with Gasteiger partial charge < -0.3 is 38.3 Å². The summed E-state index contributed by atoms with van der Waals surface area (Å²) in [5.41, 5.74) is 15.9. The quantitative estimate of drug-likeness (QED) is 0.0627. The van der Waals surface area contributed by atoms with Crippen molar-refractivity contribution in [3.63, 3.8) is 0 Å². The summed E-state index contributed by atoms with van der Waals surface area (Å²) < 4.78 is 0. The third kappa shape index (κ3) is 19.2. The number of carbonyl (C=O) groups excluding carboxylic acids is 2. The Hall–Kier alpha value is -1.91. The summed E-state index contributed by atoms with van der Waals surface area (Å²) >= 11 is 0. The second-order valence-corrected chi connectivity index (χ2v) is 7.04. The van der Waals surface area contributed by atoms with Crippen LogP contribution < -0.4 is 33.2 Å². The smallest absolute Gasteiger partial charge is 0.269 e. The van der Waals surface area contributed by atoms with E-state index in [1.54, 1.807) is 0 Å². The number of aliphatic imine (C=N–C) groups is 1. The van der Waals surface area contributed by atoms with Crippen molar-refractivity contribution in [1.82, 2.24) is 16.0 Å². The Balaban J connectivity index is 3.55. The molecule has 0 aromatic heterocycles. The molecule has 0 aromatic carbocycles. The lowest BCUT2D eigenvalue weighted by Crippen LogP contribution is -2.46. The predicted molar refractivity (Wildman–Crippen MR) is 116 cm³/mol. The summed E-state index contributed by atoms with van der Waals surface area (Å²) in [6.07, 6.45) is 7.21. The molecule has 0 heterocycles. The average molecular weight is 416 g/mol. The largest absolute Gasteiger partial charge is 0.370 e. The van der Waals surface area contributed by atoms with Crippen LogP contribution in [0.25, 0.3) is 0 Å². The highest BCUT2D eigenvalue weighted by Gasteiger charge is 2.16. The molecule has 0 saturated heterocycles. The van der Waals surface area contributed by atoms with Gasteiger partial charge in [0.05, 0.1) is 0 Å². The summed E-state index contributed by atoms with van der Waals surface area (Å²) in [7, 11) is 0. The van der Waals surface area contributed by atoms with Gasteiger partial charge in [-0.15, -0.1) is 0 Å². The minimum absolute atomic E-state index is 0.123. The minimum atomic E-state index is -1.50. The Morgan fingerprint density at radius 2 is 1.48 bits per heavy atom. The number of aliphatic hydroxyl groups is 1. The number of aliphatic hydroxyl groups excluding tert-OH is 1. The Labute approximate surface area is 174 Å². The van der Waals surface area contributed by atoms with E-state index in [0.29, 0.717) is 26.1 Å². The number of hydrogen-bond donors (Lipinski definition) is 7. The minimum Gasteiger partial charge on any atom is -0.370 e. The lowest BCUT2D eigenvalue weighted by Gasteiger charge is -2.13. The molecule has 1 atom stereocenters. The summed E-state index contributed by atoms with van der Waals surface area (Å²) in [6.45, 7) is 3.55. The van der Waals surface area contributed by atoms with Gasteiger partial charge in [0.15, 0.2) is 5.96 Å². The van der Waals surface area contributed by atoms with Gasteiger partial charge >= 0.3 is 0 Å². The van der Waals surface area contributed by atoms with Gasteiger partial charge in [0, 0.05) is 19.5 Å². The van der Waals surface area contributed by atoms with Gasteiger partial charge in [-0.05, 0) is 51.7 Å². The molecule has 0 aliphatic rings. The van der Waals surface area contributed by atoms with E-state index >= 15 is 0 Å². The summed E-state index contributed by atoms with van der Waals surface area (Å²) in [4.78, 5) is 27.5. The van der Waals surface area contributed by atoms with E-state index in [2.05, 4.69) is 20.9 Å². The molecule has 0 rings (SSSR count). The van der Waals surface area contributed by atoms with Gasteiger partial charge in [-0.1, -0.05) is 25.7 Å². The van der Waals surface area contributed by atoms with E-state index in [1.165, 1.54) is 0 Å². The number of unbranched alkanes of at least 4 members (excludes halogenated alkanes) is 6. The van der Waals surface area contributed by atoms with Crippen LogP contribution in [0, 0.1) is 0 Å². The SMILES string of the molecule is NCCCNCCCCNC(=O)C(O)NC(=O)CCCCCCCCN=C(N)N. The molecule has 0 bridgehead atoms. The van der Waals surface area contributed by atoms with Crippen LogP contribution in [0.3, 0.4) is 0 Å². The number of carbonyl (C=O) groups is 2. The maximum atomic E-state index is 11.8. The monoisotopic (exact) mass is 415 g/mol. The Morgan fingerprint density at radius 1 is 0.862 bits per heavy atom. The maximum Gasteiger partial charge on any atom is 0.269 e. The van der Waals surface area contributed by atoms with Crippen LogP contribution in [-0.4, -0.2) is 61.8 Å². The first-order chi connectivity index (χ1) is 14.0. The van der Waals surface area contributed by atoms with Crippen LogP contribution in [0.2, 0.25) is 0 Å². The van der Waals surface area contributed by atoms with E-state index in [0.717, 1.165) is 70.9 Å². The molecule has 10 N–H and O–H groups in total. The molecule has 0 aliphatic heterocycles. The normalized spacial score (nSPS) is 11.7. The number of amides is 2. The zero-order chi connectivity index (χ0) is 21.7. The number of nitrogens with zero attached hydrogens (tertiary/aromatic N) is 1. The summed E-state index contributed by atoms with van der Waals surface area (Å²) in [6, 6.07) is 0. The molecule has 0 fully saturated rings. The molecular formula is C19H41N7O3. The molecule has 10 heteroatoms. The number of hydrogen-bond acceptors (Lipinski definition) is 6. The summed E-state index contributed by atoms with van der Waals surface area (Å²) in [5.74, 6) is -0.766. The third-order valence-electron chi connectivity index (χ3n) is 4.29. The topological polar surface area (TPSA) is 181 Å². The molecule has 0 spiro atoms. The highest BCUT2D eigenvalue weighted by Crippen LogP contribution is 2.07. The van der Waals surface area contributed by atoms with Crippen molar-refractivity contribution >= 4 is 17.8 Å². The Bertz CT molecular complexity index is 457. The van der Waals surface area contributed by atoms with Crippen LogP contribution in [-0.2, 0) is 9.59 Å². The lowest BCUT2D eigenvalue weighted by atomic mass is 10.1. The van der Waals surface area contributed by atoms with Crippen LogP contribution in [0.4, 0.5) is 0 Å². The van der Waals surface area contributed by atoms with E-state index in [9.17, 15) is 14.7 Å². The highest BCUT2D eigenvalue weighted by atomic mass is 16.3. The maximum absolute atomic E-state index is 11.8. The first kappa shape index (κ1) is 27.1. The Kier molecular flexibility index (Phi) is 18.1. The van der Waals surface area contributed by atoms with Crippen LogP contribution in [0.5, 0.6) is 0 Å². The molecule has 0 aliphatic carbocycles. The van der Waals surface area contributed by atoms with E-state index < -0.39 is 12.1 Å². The van der Waals surface area contributed by atoms with E-state index in [-0.39, 0.29) is 11.9 Å². The first-order valence-corrected chi connectivity index (χ1v) is 10.7. The van der Waals surface area contributed by atoms with Gasteiger partial charge in [-0.3, -0.25) is 14.6 Å². The van der Waals surface area contributed by atoms with Gasteiger partial charge in [0.2, 0.25) is 12.1 Å². The van der Waals surface area contributed by atoms with Gasteiger partial charge in [-0.25, -0.2) is 0 Å². The molecule has 0 saturated carbocycles. The summed E-state index contributed by atoms with van der Waals surface area (Å²) in [5, 5.41) is 18.0. The fourth-order valence-electron chi connectivity index (χ4n) is 2.64. The molecule has 0 aromatic rings. The fourth-order valence-corrected chi connectivity index (χ4v) is 2.64. The van der Waals surface area contributed by atoms with Crippen molar-refractivity contribution in [2.45, 2.75) is 70.4 Å². The number of nitrogens with one attached hydrogen (secondary N) is 3. The lowest BCUT2D eigenvalue weighted by molar-refractivity contribution is -0.136. The van der Waals surface area contributed by atoms with Crippen molar-refractivity contribution in [3.8, 4) is 0 Å². The van der Waals surface area contributed by atoms with Gasteiger partial charge in [0.25, 0.3) is 5.91 Å². The molecule has 170 valence electrons. The number of nitrogens with two attached hydrogens (primary N) is 3. The van der Waals surface area contributed by atoms with Gasteiger partial charge in [-0.2, -0.15) is 0 Å². The zero-order valence-electron chi connectivity index (χ0n) is 17.6. The number of guanidine groups is 1. The van der Waals surface area contributed by atoms with Crippen LogP contribution in [0.15, 0.2) is 4.99 Å². The molecular weight excluding hydrogens is 374 g/mol. The molecule has 0 radical (unpaired) electrons. The second kappa shape index (κ2) is 19.4. The molecule has 1 unspecified atom stereocenters. The zero-order valence-corrected chi connectivity index (χ0v) is 17.6. The van der Waals surface area contributed by atoms with Crippen molar-refractivity contribution in [2.75, 3.05) is 32.7 Å². The van der Waals surface area contributed by atoms with Crippen molar-refractivity contribution in [2.24, 2.45) is 22.2 Å². The third-order valence-corrected chi connectivity index (χ3v) is 4.29. The average Bonchev–Trinajstić information content (AvgIpc) is 2.68.